The van der Waals surface area contributed by atoms with E-state index in [1.807, 2.05) is 18.2 Å². The Kier molecular flexibility index (Phi) is 4.39. The number of hydrogen-bond donors (Lipinski definition) is 2. The van der Waals surface area contributed by atoms with E-state index in [2.05, 4.69) is 15.3 Å². The zero-order chi connectivity index (χ0) is 16.2. The summed E-state index contributed by atoms with van der Waals surface area (Å²) >= 11 is 5.93. The highest BCUT2D eigenvalue weighted by Gasteiger charge is 2.12. The predicted octanol–water partition coefficient (Wildman–Crippen LogP) is 2.55. The molecule has 0 saturated carbocycles. The summed E-state index contributed by atoms with van der Waals surface area (Å²) in [7, 11) is 0. The van der Waals surface area contributed by atoms with E-state index in [0.29, 0.717) is 28.9 Å². The maximum atomic E-state index is 12.3. The number of H-pyrrole nitrogens is 1. The molecule has 0 saturated heterocycles. The number of benzene rings is 2. The third-order valence-corrected chi connectivity index (χ3v) is 3.68. The zero-order valence-corrected chi connectivity index (χ0v) is 12.9. The first-order valence-electron chi connectivity index (χ1n) is 7.15. The van der Waals surface area contributed by atoms with Gasteiger partial charge in [-0.2, -0.15) is 4.98 Å². The smallest absolute Gasteiger partial charge is 0.346 e. The van der Waals surface area contributed by atoms with Crippen LogP contribution < -0.4 is 11.0 Å². The highest BCUT2D eigenvalue weighted by Crippen LogP contribution is 2.13. The fourth-order valence-electron chi connectivity index (χ4n) is 2.37. The van der Waals surface area contributed by atoms with Crippen molar-refractivity contribution in [1.82, 2.24) is 15.3 Å². The number of nitrogens with one attached hydrogen (secondary N) is 2. The predicted molar refractivity (Wildman–Crippen MR) is 89.9 cm³/mol. The van der Waals surface area contributed by atoms with Crippen molar-refractivity contribution in [2.24, 2.45) is 0 Å². The quantitative estimate of drug-likeness (QED) is 0.773. The van der Waals surface area contributed by atoms with E-state index in [-0.39, 0.29) is 11.6 Å². The Bertz CT molecular complexity index is 921. The van der Waals surface area contributed by atoms with Crippen LogP contribution in [0.5, 0.6) is 0 Å². The first-order valence-corrected chi connectivity index (χ1v) is 7.53. The molecule has 0 spiro atoms. The number of amides is 1. The van der Waals surface area contributed by atoms with Gasteiger partial charge in [0.15, 0.2) is 0 Å². The van der Waals surface area contributed by atoms with E-state index in [4.69, 9.17) is 11.6 Å². The van der Waals surface area contributed by atoms with Crippen LogP contribution in [0.1, 0.15) is 16.1 Å². The molecule has 0 aliphatic heterocycles. The van der Waals surface area contributed by atoms with Crippen LogP contribution >= 0.6 is 11.6 Å². The molecule has 3 rings (SSSR count). The van der Waals surface area contributed by atoms with Gasteiger partial charge in [0.05, 0.1) is 5.52 Å². The Morgan fingerprint density at radius 2 is 2.00 bits per heavy atom. The highest BCUT2D eigenvalue weighted by atomic mass is 35.5. The number of aromatic amines is 1. The molecule has 0 radical (unpaired) electrons. The first kappa shape index (κ1) is 15.2. The molecule has 0 unspecified atom stereocenters. The molecule has 23 heavy (non-hydrogen) atoms. The number of fused-ring (bicyclic) bond motifs is 1. The number of carbonyl (C=O) groups excluding carboxylic acids is 1. The summed E-state index contributed by atoms with van der Waals surface area (Å²) in [5, 5.41) is 4.07. The van der Waals surface area contributed by atoms with Crippen LogP contribution in [0.25, 0.3) is 10.9 Å². The van der Waals surface area contributed by atoms with Crippen molar-refractivity contribution in [3.8, 4) is 0 Å². The summed E-state index contributed by atoms with van der Waals surface area (Å²) in [6, 6.07) is 14.5. The molecule has 5 nitrogen and oxygen atoms in total. The van der Waals surface area contributed by atoms with E-state index in [1.165, 1.54) is 0 Å². The Morgan fingerprint density at radius 1 is 1.17 bits per heavy atom. The van der Waals surface area contributed by atoms with Gasteiger partial charge in [0.25, 0.3) is 5.91 Å². The van der Waals surface area contributed by atoms with Crippen molar-refractivity contribution in [3.05, 3.63) is 75.3 Å². The van der Waals surface area contributed by atoms with Crippen LogP contribution in [0.3, 0.4) is 0 Å². The normalized spacial score (nSPS) is 10.7. The largest absolute Gasteiger partial charge is 0.350 e. The summed E-state index contributed by atoms with van der Waals surface area (Å²) in [5.41, 5.74) is 1.22. The van der Waals surface area contributed by atoms with E-state index >= 15 is 0 Å². The summed E-state index contributed by atoms with van der Waals surface area (Å²) in [4.78, 5) is 30.3. The number of rotatable bonds is 4. The van der Waals surface area contributed by atoms with E-state index < -0.39 is 5.69 Å². The number of para-hydroxylation sites is 1. The molecule has 3 aromatic rings. The van der Waals surface area contributed by atoms with Gasteiger partial charge in [-0.25, -0.2) is 4.79 Å². The third-order valence-electron chi connectivity index (χ3n) is 3.44. The number of nitrogens with zero attached hydrogens (tertiary/aromatic N) is 1. The molecule has 2 N–H and O–H groups in total. The average molecular weight is 328 g/mol. The van der Waals surface area contributed by atoms with Crippen LogP contribution in [0.4, 0.5) is 0 Å². The van der Waals surface area contributed by atoms with Crippen LogP contribution in [0.15, 0.2) is 53.3 Å². The fourth-order valence-corrected chi connectivity index (χ4v) is 2.59. The summed E-state index contributed by atoms with van der Waals surface area (Å²) < 4.78 is 0. The minimum Gasteiger partial charge on any atom is -0.350 e. The van der Waals surface area contributed by atoms with Gasteiger partial charge in [-0.3, -0.25) is 4.79 Å². The van der Waals surface area contributed by atoms with Crippen molar-refractivity contribution in [2.45, 2.75) is 6.42 Å². The van der Waals surface area contributed by atoms with Crippen molar-refractivity contribution in [2.75, 3.05) is 6.54 Å². The number of hydrogen-bond acceptors (Lipinski definition) is 3. The SMILES string of the molecule is O=C(NCCc1cccc(Cl)c1)c1nc(=O)[nH]c2ccccc12. The zero-order valence-electron chi connectivity index (χ0n) is 12.2. The van der Waals surface area contributed by atoms with E-state index in [9.17, 15) is 9.59 Å². The maximum absolute atomic E-state index is 12.3. The summed E-state index contributed by atoms with van der Waals surface area (Å²) in [6.45, 7) is 0.433. The second kappa shape index (κ2) is 6.62. The van der Waals surface area contributed by atoms with Gasteiger partial charge >= 0.3 is 5.69 Å². The molecule has 2 aromatic carbocycles. The molecular weight excluding hydrogens is 314 g/mol. The monoisotopic (exact) mass is 327 g/mol. The first-order chi connectivity index (χ1) is 11.1. The lowest BCUT2D eigenvalue weighted by molar-refractivity contribution is 0.0950. The minimum absolute atomic E-state index is 0.135. The molecule has 0 atom stereocenters. The standard InChI is InChI=1S/C17H14ClN3O2/c18-12-5-3-4-11(10-12)8-9-19-16(22)15-13-6-1-2-7-14(13)20-17(23)21-15/h1-7,10H,8-9H2,(H,19,22)(H,20,21,23). The molecular formula is C17H14ClN3O2. The molecule has 0 aliphatic rings. The Balaban J connectivity index is 1.75. The van der Waals surface area contributed by atoms with Gasteiger partial charge in [-0.1, -0.05) is 41.9 Å². The van der Waals surface area contributed by atoms with Gasteiger partial charge in [0.2, 0.25) is 0 Å². The van der Waals surface area contributed by atoms with Crippen molar-refractivity contribution >= 4 is 28.4 Å². The van der Waals surface area contributed by atoms with E-state index in [1.54, 1.807) is 30.3 Å². The van der Waals surface area contributed by atoms with Crippen molar-refractivity contribution in [3.63, 3.8) is 0 Å². The Morgan fingerprint density at radius 3 is 2.83 bits per heavy atom. The Hall–Kier alpha value is -2.66. The highest BCUT2D eigenvalue weighted by molar-refractivity contribution is 6.30. The van der Waals surface area contributed by atoms with Crippen LogP contribution in [-0.2, 0) is 6.42 Å². The van der Waals surface area contributed by atoms with Crippen molar-refractivity contribution in [1.29, 1.82) is 0 Å². The maximum Gasteiger partial charge on any atom is 0.346 e. The number of carbonyl (C=O) groups is 1. The van der Waals surface area contributed by atoms with Crippen LogP contribution in [-0.4, -0.2) is 22.4 Å². The summed E-state index contributed by atoms with van der Waals surface area (Å²) in [5.74, 6) is -0.366. The topological polar surface area (TPSA) is 74.8 Å². The van der Waals surface area contributed by atoms with Gasteiger partial charge in [-0.05, 0) is 30.2 Å². The molecule has 1 aromatic heterocycles. The van der Waals surface area contributed by atoms with Gasteiger partial charge < -0.3 is 10.3 Å². The average Bonchev–Trinajstić information content (AvgIpc) is 2.54. The second-order valence-corrected chi connectivity index (χ2v) is 5.51. The lowest BCUT2D eigenvalue weighted by atomic mass is 10.1. The Labute approximate surface area is 137 Å². The molecule has 0 aliphatic carbocycles. The summed E-state index contributed by atoms with van der Waals surface area (Å²) in [6.07, 6.45) is 0.646. The number of aromatic nitrogens is 2. The van der Waals surface area contributed by atoms with Crippen molar-refractivity contribution < 1.29 is 4.79 Å². The van der Waals surface area contributed by atoms with Crippen LogP contribution in [0, 0.1) is 0 Å². The third kappa shape index (κ3) is 3.57. The molecule has 1 heterocycles. The van der Waals surface area contributed by atoms with Gasteiger partial charge in [0, 0.05) is 17.0 Å². The van der Waals surface area contributed by atoms with Crippen LogP contribution in [0.2, 0.25) is 5.02 Å². The van der Waals surface area contributed by atoms with Gasteiger partial charge in [0.1, 0.15) is 5.69 Å². The lowest BCUT2D eigenvalue weighted by Crippen LogP contribution is -2.29. The lowest BCUT2D eigenvalue weighted by Gasteiger charge is -2.07. The van der Waals surface area contributed by atoms with E-state index in [0.717, 1.165) is 5.56 Å². The minimum atomic E-state index is -0.538. The van der Waals surface area contributed by atoms with Gasteiger partial charge in [-0.15, -0.1) is 0 Å². The molecule has 0 bridgehead atoms. The molecule has 116 valence electrons. The second-order valence-electron chi connectivity index (χ2n) is 5.07. The molecule has 6 heteroatoms. The molecule has 1 amide bonds. The molecule has 0 fully saturated rings. The number of halogens is 1. The fraction of sp³-hybridized carbons (Fsp3) is 0.118.